The van der Waals surface area contributed by atoms with Gasteiger partial charge in [0.25, 0.3) is 0 Å². The highest BCUT2D eigenvalue weighted by Gasteiger charge is 2.23. The standard InChI is InChI=1S/C13H15BrN2OS/c1-2-10(14)12(17)16-13-9(7-15)8-5-3-4-6-11(8)18-13/h10H,2-6H2,1H3,(H,16,17)/t10-/m1/s1. The van der Waals surface area contributed by atoms with Crippen LogP contribution in [-0.4, -0.2) is 10.7 Å². The molecule has 0 aliphatic heterocycles. The maximum Gasteiger partial charge on any atom is 0.238 e. The zero-order valence-corrected chi connectivity index (χ0v) is 12.7. The minimum atomic E-state index is -0.192. The van der Waals surface area contributed by atoms with Crippen LogP contribution in [0.2, 0.25) is 0 Å². The quantitative estimate of drug-likeness (QED) is 0.862. The molecule has 0 fully saturated rings. The summed E-state index contributed by atoms with van der Waals surface area (Å²) in [4.78, 5) is 12.9. The molecule has 3 nitrogen and oxygen atoms in total. The number of alkyl halides is 1. The van der Waals surface area contributed by atoms with Gasteiger partial charge in [0, 0.05) is 4.88 Å². The highest BCUT2D eigenvalue weighted by molar-refractivity contribution is 9.10. The Bertz CT molecular complexity index is 504. The van der Waals surface area contributed by atoms with Crippen LogP contribution in [0.4, 0.5) is 5.00 Å². The SMILES string of the molecule is CC[C@@H](Br)C(=O)Nc1sc2c(c1C#N)CCCC2. The molecule has 96 valence electrons. The number of halogens is 1. The molecule has 0 unspecified atom stereocenters. The molecule has 1 aromatic rings. The Morgan fingerprint density at radius 3 is 2.94 bits per heavy atom. The molecule has 0 saturated carbocycles. The zero-order chi connectivity index (χ0) is 13.1. The van der Waals surface area contributed by atoms with Crippen molar-refractivity contribution in [2.75, 3.05) is 5.32 Å². The van der Waals surface area contributed by atoms with Gasteiger partial charge in [0.1, 0.15) is 11.1 Å². The van der Waals surface area contributed by atoms with E-state index in [1.807, 2.05) is 6.92 Å². The number of nitrogens with one attached hydrogen (secondary N) is 1. The fourth-order valence-corrected chi connectivity index (χ4v) is 3.50. The Kier molecular flexibility index (Phi) is 4.41. The number of carbonyl (C=O) groups excluding carboxylic acids is 1. The Hall–Kier alpha value is -0.860. The molecule has 0 bridgehead atoms. The third kappa shape index (κ3) is 2.60. The molecule has 0 radical (unpaired) electrons. The topological polar surface area (TPSA) is 52.9 Å². The van der Waals surface area contributed by atoms with E-state index < -0.39 is 0 Å². The van der Waals surface area contributed by atoms with Crippen LogP contribution in [0.25, 0.3) is 0 Å². The Morgan fingerprint density at radius 1 is 1.56 bits per heavy atom. The number of carbonyl (C=O) groups is 1. The third-order valence-corrected chi connectivity index (χ3v) is 5.43. The van der Waals surface area contributed by atoms with Crippen LogP contribution in [0.3, 0.4) is 0 Å². The Labute approximate surface area is 119 Å². The molecule has 1 amide bonds. The normalized spacial score (nSPS) is 15.6. The molecule has 1 aliphatic rings. The summed E-state index contributed by atoms with van der Waals surface area (Å²) in [5, 5.41) is 12.9. The van der Waals surface area contributed by atoms with Gasteiger partial charge < -0.3 is 5.32 Å². The number of rotatable bonds is 3. The van der Waals surface area contributed by atoms with Gasteiger partial charge in [-0.2, -0.15) is 5.26 Å². The van der Waals surface area contributed by atoms with Gasteiger partial charge in [0.2, 0.25) is 5.91 Å². The van der Waals surface area contributed by atoms with Gasteiger partial charge in [-0.15, -0.1) is 11.3 Å². The van der Waals surface area contributed by atoms with E-state index in [0.29, 0.717) is 5.56 Å². The van der Waals surface area contributed by atoms with Crippen LogP contribution in [-0.2, 0) is 17.6 Å². The number of aryl methyl sites for hydroxylation is 1. The second kappa shape index (κ2) is 5.85. The van der Waals surface area contributed by atoms with Crippen molar-refractivity contribution in [1.82, 2.24) is 0 Å². The average molecular weight is 327 g/mol. The van der Waals surface area contributed by atoms with Crippen molar-refractivity contribution in [3.05, 3.63) is 16.0 Å². The van der Waals surface area contributed by atoms with Gasteiger partial charge in [-0.05, 0) is 37.7 Å². The van der Waals surface area contributed by atoms with E-state index >= 15 is 0 Å². The van der Waals surface area contributed by atoms with Gasteiger partial charge in [-0.25, -0.2) is 0 Å². The van der Waals surface area contributed by atoms with E-state index in [-0.39, 0.29) is 10.7 Å². The zero-order valence-electron chi connectivity index (χ0n) is 10.3. The van der Waals surface area contributed by atoms with Crippen molar-refractivity contribution in [1.29, 1.82) is 5.26 Å². The average Bonchev–Trinajstić information content (AvgIpc) is 2.74. The third-order valence-electron chi connectivity index (χ3n) is 3.16. The molecule has 1 aliphatic carbocycles. The number of anilines is 1. The van der Waals surface area contributed by atoms with Crippen molar-refractivity contribution in [3.63, 3.8) is 0 Å². The summed E-state index contributed by atoms with van der Waals surface area (Å²) in [6, 6.07) is 2.25. The van der Waals surface area contributed by atoms with Gasteiger partial charge in [-0.1, -0.05) is 22.9 Å². The van der Waals surface area contributed by atoms with Gasteiger partial charge in [0.05, 0.1) is 10.4 Å². The van der Waals surface area contributed by atoms with Crippen molar-refractivity contribution < 1.29 is 4.79 Å². The second-order valence-corrected chi connectivity index (χ2v) is 6.60. The van der Waals surface area contributed by atoms with Gasteiger partial charge in [0.15, 0.2) is 0 Å². The van der Waals surface area contributed by atoms with Gasteiger partial charge in [-0.3, -0.25) is 4.79 Å². The van der Waals surface area contributed by atoms with E-state index in [2.05, 4.69) is 27.3 Å². The first-order chi connectivity index (χ1) is 8.67. The highest BCUT2D eigenvalue weighted by Crippen LogP contribution is 2.37. The number of nitriles is 1. The van der Waals surface area contributed by atoms with Crippen LogP contribution in [0.5, 0.6) is 0 Å². The van der Waals surface area contributed by atoms with E-state index in [0.717, 1.165) is 36.2 Å². The molecule has 0 saturated heterocycles. The number of hydrogen-bond donors (Lipinski definition) is 1. The van der Waals surface area contributed by atoms with E-state index in [9.17, 15) is 10.1 Å². The molecular weight excluding hydrogens is 312 g/mol. The maximum absolute atomic E-state index is 11.9. The summed E-state index contributed by atoms with van der Waals surface area (Å²) in [5.41, 5.74) is 1.84. The molecule has 5 heteroatoms. The maximum atomic E-state index is 11.9. The predicted molar refractivity (Wildman–Crippen MR) is 77.3 cm³/mol. The lowest BCUT2D eigenvalue weighted by atomic mass is 9.96. The first-order valence-electron chi connectivity index (χ1n) is 6.17. The van der Waals surface area contributed by atoms with Gasteiger partial charge >= 0.3 is 0 Å². The molecule has 1 atom stereocenters. The molecule has 1 aromatic heterocycles. The summed E-state index contributed by atoms with van der Waals surface area (Å²) >= 11 is 4.90. The number of fused-ring (bicyclic) bond motifs is 1. The molecule has 2 rings (SSSR count). The van der Waals surface area contributed by atoms with Crippen molar-refractivity contribution in [3.8, 4) is 6.07 Å². The minimum Gasteiger partial charge on any atom is -0.316 e. The van der Waals surface area contributed by atoms with E-state index in [1.165, 1.54) is 11.3 Å². The van der Waals surface area contributed by atoms with Crippen LogP contribution in [0.1, 0.15) is 42.2 Å². The van der Waals surface area contributed by atoms with E-state index in [4.69, 9.17) is 0 Å². The van der Waals surface area contributed by atoms with Crippen molar-refractivity contribution in [2.45, 2.75) is 43.9 Å². The summed E-state index contributed by atoms with van der Waals surface area (Å²) in [7, 11) is 0. The fraction of sp³-hybridized carbons (Fsp3) is 0.538. The largest absolute Gasteiger partial charge is 0.316 e. The summed E-state index contributed by atoms with van der Waals surface area (Å²) < 4.78 is 0. The first-order valence-corrected chi connectivity index (χ1v) is 7.90. The molecule has 18 heavy (non-hydrogen) atoms. The lowest BCUT2D eigenvalue weighted by Gasteiger charge is -2.09. The molecular formula is C13H15BrN2OS. The fourth-order valence-electron chi connectivity index (χ4n) is 2.15. The second-order valence-electron chi connectivity index (χ2n) is 4.39. The summed E-state index contributed by atoms with van der Waals surface area (Å²) in [6.45, 7) is 1.95. The van der Waals surface area contributed by atoms with E-state index in [1.54, 1.807) is 11.3 Å². The minimum absolute atomic E-state index is 0.0624. The van der Waals surface area contributed by atoms with Crippen molar-refractivity contribution >= 4 is 38.2 Å². The number of thiophene rings is 1. The smallest absolute Gasteiger partial charge is 0.238 e. The highest BCUT2D eigenvalue weighted by atomic mass is 79.9. The molecule has 1 heterocycles. The number of hydrogen-bond acceptors (Lipinski definition) is 3. The van der Waals surface area contributed by atoms with Crippen molar-refractivity contribution in [2.24, 2.45) is 0 Å². The predicted octanol–water partition coefficient (Wildman–Crippen LogP) is 3.61. The summed E-state index contributed by atoms with van der Waals surface area (Å²) in [5.74, 6) is -0.0624. The number of amides is 1. The molecule has 0 spiro atoms. The number of nitrogens with zero attached hydrogens (tertiary/aromatic N) is 1. The Balaban J connectivity index is 2.26. The Morgan fingerprint density at radius 2 is 2.28 bits per heavy atom. The molecule has 0 aromatic carbocycles. The summed E-state index contributed by atoms with van der Waals surface area (Å²) in [6.07, 6.45) is 5.06. The van der Waals surface area contributed by atoms with Crippen LogP contribution >= 0.6 is 27.3 Å². The lowest BCUT2D eigenvalue weighted by Crippen LogP contribution is -2.21. The van der Waals surface area contributed by atoms with Crippen LogP contribution in [0.15, 0.2) is 0 Å². The first kappa shape index (κ1) is 13.6. The van der Waals surface area contributed by atoms with Crippen LogP contribution < -0.4 is 5.32 Å². The lowest BCUT2D eigenvalue weighted by molar-refractivity contribution is -0.115. The van der Waals surface area contributed by atoms with Crippen LogP contribution in [0, 0.1) is 11.3 Å². The monoisotopic (exact) mass is 326 g/mol. The molecule has 1 N–H and O–H groups in total.